The van der Waals surface area contributed by atoms with Crippen LogP contribution in [0.2, 0.25) is 0 Å². The number of fused-ring (bicyclic) bond motifs is 15. The molecule has 13 rings (SSSR count). The lowest BCUT2D eigenvalue weighted by atomic mass is 9.69. The molecule has 1 spiro atoms. The average molecular weight is 817 g/mol. The van der Waals surface area contributed by atoms with E-state index in [2.05, 4.69) is 254 Å². The van der Waals surface area contributed by atoms with Crippen LogP contribution < -0.4 is 9.80 Å². The molecule has 3 aliphatic carbocycles. The van der Waals surface area contributed by atoms with Crippen molar-refractivity contribution in [2.45, 2.75) is 24.7 Å². The van der Waals surface area contributed by atoms with Crippen LogP contribution in [-0.4, -0.2) is 0 Å². The van der Waals surface area contributed by atoms with Gasteiger partial charge in [0.15, 0.2) is 0 Å². The summed E-state index contributed by atoms with van der Waals surface area (Å²) in [6.07, 6.45) is 0. The Morgan fingerprint density at radius 1 is 0.312 bits per heavy atom. The fourth-order valence-corrected chi connectivity index (χ4v) is 11.9. The largest absolute Gasteiger partial charge is 0.310 e. The third kappa shape index (κ3) is 4.97. The van der Waals surface area contributed by atoms with Crippen LogP contribution in [-0.2, 0) is 10.8 Å². The zero-order valence-electron chi connectivity index (χ0n) is 35.8. The minimum Gasteiger partial charge on any atom is -0.310 e. The van der Waals surface area contributed by atoms with Gasteiger partial charge in [0.2, 0.25) is 0 Å². The summed E-state index contributed by atoms with van der Waals surface area (Å²) in [4.78, 5) is 4.99. The maximum atomic E-state index is 2.60. The topological polar surface area (TPSA) is 6.48 Å². The van der Waals surface area contributed by atoms with Gasteiger partial charge in [0.25, 0.3) is 0 Å². The highest BCUT2D eigenvalue weighted by Crippen LogP contribution is 2.67. The molecule has 0 saturated carbocycles. The van der Waals surface area contributed by atoms with Gasteiger partial charge in [-0.1, -0.05) is 184 Å². The Morgan fingerprint density at radius 2 is 0.812 bits per heavy atom. The van der Waals surface area contributed by atoms with Crippen LogP contribution in [0.5, 0.6) is 0 Å². The first-order chi connectivity index (χ1) is 31.5. The summed E-state index contributed by atoms with van der Waals surface area (Å²) in [6, 6.07) is 85.8. The second-order valence-electron chi connectivity index (χ2n) is 18.0. The molecule has 2 heteroatoms. The molecular weight excluding hydrogens is 773 g/mol. The van der Waals surface area contributed by atoms with Crippen molar-refractivity contribution in [3.8, 4) is 33.4 Å². The van der Waals surface area contributed by atoms with E-state index in [1.807, 2.05) is 0 Å². The Kier molecular flexibility index (Phi) is 7.90. The Bertz CT molecular complexity index is 3440. The summed E-state index contributed by atoms with van der Waals surface area (Å²) in [5.41, 5.74) is 21.8. The first-order valence-corrected chi connectivity index (χ1v) is 22.4. The van der Waals surface area contributed by atoms with Crippen molar-refractivity contribution in [2.75, 3.05) is 9.80 Å². The zero-order valence-corrected chi connectivity index (χ0v) is 35.8. The Hall–Kier alpha value is -7.94. The normalized spacial score (nSPS) is 15.5. The molecule has 0 saturated heterocycles. The molecule has 0 amide bonds. The molecule has 10 aromatic rings. The summed E-state index contributed by atoms with van der Waals surface area (Å²) in [5.74, 6) is 0. The summed E-state index contributed by atoms with van der Waals surface area (Å²) in [6.45, 7) is 4.81. The highest BCUT2D eigenvalue weighted by atomic mass is 15.2. The number of para-hydroxylation sites is 3. The molecule has 1 unspecified atom stereocenters. The molecule has 0 fully saturated rings. The van der Waals surface area contributed by atoms with Crippen molar-refractivity contribution >= 4 is 44.9 Å². The first kappa shape index (κ1) is 36.7. The maximum absolute atomic E-state index is 2.60. The number of rotatable bonds is 6. The average Bonchev–Trinajstić information content (AvgIpc) is 3.92. The molecule has 0 radical (unpaired) electrons. The minimum absolute atomic E-state index is 0.234. The van der Waals surface area contributed by atoms with E-state index in [1.54, 1.807) is 0 Å². The van der Waals surface area contributed by atoms with Crippen molar-refractivity contribution in [2.24, 2.45) is 0 Å². The number of nitrogens with zero attached hydrogens (tertiary/aromatic N) is 2. The molecule has 2 nitrogen and oxygen atoms in total. The molecule has 10 aromatic carbocycles. The lowest BCUT2D eigenvalue weighted by molar-refractivity contribution is 0.660. The van der Waals surface area contributed by atoms with Gasteiger partial charge in [0.05, 0.1) is 16.8 Å². The van der Waals surface area contributed by atoms with E-state index in [4.69, 9.17) is 0 Å². The van der Waals surface area contributed by atoms with Crippen LogP contribution in [0, 0.1) is 0 Å². The molecular formula is C62H44N2. The van der Waals surface area contributed by atoms with E-state index in [-0.39, 0.29) is 5.41 Å². The molecule has 0 heterocycles. The molecule has 3 aliphatic rings. The van der Waals surface area contributed by atoms with E-state index in [0.717, 1.165) is 22.7 Å². The highest BCUT2D eigenvalue weighted by Gasteiger charge is 2.54. The number of hydrogen-bond acceptors (Lipinski definition) is 2. The quantitative estimate of drug-likeness (QED) is 0.165. The molecule has 0 bridgehead atoms. The Morgan fingerprint density at radius 3 is 1.48 bits per heavy atom. The Balaban J connectivity index is 1.15. The second kappa shape index (κ2) is 13.8. The van der Waals surface area contributed by atoms with Gasteiger partial charge in [0, 0.05) is 33.7 Å². The van der Waals surface area contributed by atoms with Crippen molar-refractivity contribution in [1.82, 2.24) is 0 Å². The SMILES string of the molecule is CC1(C)c2ccccc2-c2cccc(N(c3ccccc3)c3cc4ccccc4c4c3C3(c5ccccc5-c5cc(N(c6ccccc6)c6ccccc6)ccc53)c3ccccc3-4)c21. The predicted octanol–water partition coefficient (Wildman–Crippen LogP) is 16.4. The lowest BCUT2D eigenvalue weighted by Gasteiger charge is -2.38. The monoisotopic (exact) mass is 816 g/mol. The number of hydrogen-bond donors (Lipinski definition) is 0. The smallest absolute Gasteiger partial charge is 0.0746 e. The summed E-state index contributed by atoms with van der Waals surface area (Å²) in [7, 11) is 0. The maximum Gasteiger partial charge on any atom is 0.0746 e. The summed E-state index contributed by atoms with van der Waals surface area (Å²) in [5, 5.41) is 2.49. The van der Waals surface area contributed by atoms with Crippen LogP contribution in [0.15, 0.2) is 231 Å². The molecule has 302 valence electrons. The minimum atomic E-state index is -0.621. The van der Waals surface area contributed by atoms with Gasteiger partial charge in [0.1, 0.15) is 0 Å². The van der Waals surface area contributed by atoms with E-state index < -0.39 is 5.41 Å². The van der Waals surface area contributed by atoms with E-state index in [9.17, 15) is 0 Å². The van der Waals surface area contributed by atoms with Crippen LogP contribution in [0.3, 0.4) is 0 Å². The van der Waals surface area contributed by atoms with Crippen molar-refractivity contribution in [3.05, 3.63) is 264 Å². The molecule has 0 aromatic heterocycles. The van der Waals surface area contributed by atoms with Gasteiger partial charge < -0.3 is 9.80 Å². The van der Waals surface area contributed by atoms with Crippen LogP contribution >= 0.6 is 0 Å². The van der Waals surface area contributed by atoms with Crippen LogP contribution in [0.25, 0.3) is 44.2 Å². The fraction of sp³-hybridized carbons (Fsp3) is 0.0645. The highest BCUT2D eigenvalue weighted by molar-refractivity contribution is 6.11. The van der Waals surface area contributed by atoms with E-state index in [0.29, 0.717) is 0 Å². The first-order valence-electron chi connectivity index (χ1n) is 22.4. The fourth-order valence-electron chi connectivity index (χ4n) is 11.9. The third-order valence-electron chi connectivity index (χ3n) is 14.4. The molecule has 0 aliphatic heterocycles. The van der Waals surface area contributed by atoms with Gasteiger partial charge in [-0.05, 0) is 133 Å². The van der Waals surface area contributed by atoms with Crippen molar-refractivity contribution < 1.29 is 0 Å². The van der Waals surface area contributed by atoms with Crippen molar-refractivity contribution in [1.29, 1.82) is 0 Å². The zero-order chi connectivity index (χ0) is 42.6. The van der Waals surface area contributed by atoms with E-state index in [1.165, 1.54) is 88.9 Å². The molecule has 1 atom stereocenters. The lowest BCUT2D eigenvalue weighted by Crippen LogP contribution is -2.29. The molecule has 0 N–H and O–H groups in total. The number of anilines is 6. The standard InChI is InChI=1S/C62H44N2/c1-61(2)52-33-17-14-29-47(52)49-32-20-36-56(59(49)61)64(44-26-10-5-11-27-44)57-39-41-21-12-13-28-46(41)58-50-31-16-19-35-54(50)62(60(57)58)53-34-18-15-30-48(53)51-40-45(37-38-55(51)62)63(42-22-6-3-7-23-42)43-24-8-4-9-25-43/h3-40H,1-2H3. The van der Waals surface area contributed by atoms with Gasteiger partial charge >= 0.3 is 0 Å². The van der Waals surface area contributed by atoms with Gasteiger partial charge in [-0.2, -0.15) is 0 Å². The van der Waals surface area contributed by atoms with Crippen LogP contribution in [0.4, 0.5) is 34.1 Å². The summed E-state index contributed by atoms with van der Waals surface area (Å²) < 4.78 is 0. The number of benzene rings is 10. The summed E-state index contributed by atoms with van der Waals surface area (Å²) >= 11 is 0. The van der Waals surface area contributed by atoms with Gasteiger partial charge in [-0.3, -0.25) is 0 Å². The van der Waals surface area contributed by atoms with Gasteiger partial charge in [-0.25, -0.2) is 0 Å². The molecule has 64 heavy (non-hydrogen) atoms. The Labute approximate surface area is 375 Å². The third-order valence-corrected chi connectivity index (χ3v) is 14.4. The second-order valence-corrected chi connectivity index (χ2v) is 18.0. The van der Waals surface area contributed by atoms with Gasteiger partial charge in [-0.15, -0.1) is 0 Å². The van der Waals surface area contributed by atoms with Crippen molar-refractivity contribution in [3.63, 3.8) is 0 Å². The van der Waals surface area contributed by atoms with Crippen LogP contribution in [0.1, 0.15) is 47.2 Å². The predicted molar refractivity (Wildman–Crippen MR) is 267 cm³/mol. The van der Waals surface area contributed by atoms with E-state index >= 15 is 0 Å².